The van der Waals surface area contributed by atoms with E-state index < -0.39 is 17.7 Å². The van der Waals surface area contributed by atoms with Gasteiger partial charge in [0.2, 0.25) is 0 Å². The topological polar surface area (TPSA) is 76.1 Å². The van der Waals surface area contributed by atoms with Gasteiger partial charge in [-0.1, -0.05) is 25.0 Å². The first kappa shape index (κ1) is 24.8. The lowest BCUT2D eigenvalue weighted by molar-refractivity contribution is -0.141. The molecule has 0 aromatic heterocycles. The maximum Gasteiger partial charge on any atom is 0.295 e. The van der Waals surface area contributed by atoms with Gasteiger partial charge in [-0.3, -0.25) is 9.59 Å². The van der Waals surface area contributed by atoms with Crippen LogP contribution >= 0.6 is 0 Å². The lowest BCUT2D eigenvalue weighted by atomic mass is 9.94. The zero-order valence-electron chi connectivity index (χ0n) is 21.2. The Morgan fingerprint density at radius 3 is 2.29 bits per heavy atom. The number of carbonyl (C=O) groups excluding carboxylic acids is 2. The Labute approximate surface area is 207 Å². The van der Waals surface area contributed by atoms with Crippen LogP contribution in [-0.2, 0) is 9.59 Å². The molecule has 2 aliphatic rings. The van der Waals surface area contributed by atoms with Crippen molar-refractivity contribution in [2.45, 2.75) is 84.6 Å². The van der Waals surface area contributed by atoms with E-state index in [9.17, 15) is 14.7 Å². The van der Waals surface area contributed by atoms with E-state index in [4.69, 9.17) is 9.47 Å². The number of amides is 1. The number of rotatable bonds is 7. The summed E-state index contributed by atoms with van der Waals surface area (Å²) in [5.41, 5.74) is 2.21. The van der Waals surface area contributed by atoms with Gasteiger partial charge in [0, 0.05) is 11.6 Å². The molecule has 1 N–H and O–H groups in total. The summed E-state index contributed by atoms with van der Waals surface area (Å²) in [5.74, 6) is 0.0339. The van der Waals surface area contributed by atoms with Gasteiger partial charge in [-0.2, -0.15) is 0 Å². The van der Waals surface area contributed by atoms with Crippen LogP contribution in [0, 0.1) is 6.92 Å². The average molecular weight is 478 g/mol. The highest BCUT2D eigenvalue weighted by Gasteiger charge is 2.49. The van der Waals surface area contributed by atoms with Crippen molar-refractivity contribution >= 4 is 17.4 Å². The van der Waals surface area contributed by atoms with Crippen LogP contribution in [0.5, 0.6) is 11.5 Å². The molecule has 0 spiro atoms. The Morgan fingerprint density at radius 1 is 0.971 bits per heavy atom. The van der Waals surface area contributed by atoms with Crippen molar-refractivity contribution in [2.75, 3.05) is 0 Å². The number of ketones is 1. The highest BCUT2D eigenvalue weighted by molar-refractivity contribution is 6.46. The molecule has 1 saturated heterocycles. The zero-order chi connectivity index (χ0) is 25.3. The van der Waals surface area contributed by atoms with Gasteiger partial charge in [0.1, 0.15) is 17.3 Å². The third kappa shape index (κ3) is 5.07. The lowest BCUT2D eigenvalue weighted by Gasteiger charge is -2.31. The number of ether oxygens (including phenoxy) is 2. The Balaban J connectivity index is 1.83. The van der Waals surface area contributed by atoms with Gasteiger partial charge in [0.25, 0.3) is 11.7 Å². The molecular formula is C29H35NO5. The van der Waals surface area contributed by atoms with Crippen LogP contribution < -0.4 is 9.47 Å². The summed E-state index contributed by atoms with van der Waals surface area (Å²) in [6, 6.07) is 12.1. The predicted octanol–water partition coefficient (Wildman–Crippen LogP) is 5.93. The quantitative estimate of drug-likeness (QED) is 0.304. The summed E-state index contributed by atoms with van der Waals surface area (Å²) in [4.78, 5) is 28.4. The first-order chi connectivity index (χ1) is 16.7. The van der Waals surface area contributed by atoms with Crippen molar-refractivity contribution in [2.24, 2.45) is 0 Å². The molecule has 1 heterocycles. The Bertz CT molecular complexity index is 1140. The van der Waals surface area contributed by atoms with Crippen LogP contribution in [0.15, 0.2) is 48.0 Å². The molecule has 6 heteroatoms. The molecule has 2 aromatic rings. The molecule has 0 bridgehead atoms. The van der Waals surface area contributed by atoms with Gasteiger partial charge in [0.15, 0.2) is 0 Å². The maximum absolute atomic E-state index is 13.4. The summed E-state index contributed by atoms with van der Waals surface area (Å²) in [5, 5.41) is 11.4. The molecular weight excluding hydrogens is 442 g/mol. The first-order valence-corrected chi connectivity index (χ1v) is 12.5. The molecule has 1 amide bonds. The van der Waals surface area contributed by atoms with Gasteiger partial charge in [-0.25, -0.2) is 0 Å². The highest BCUT2D eigenvalue weighted by Crippen LogP contribution is 2.44. The second-order valence-electron chi connectivity index (χ2n) is 10.0. The second-order valence-corrected chi connectivity index (χ2v) is 10.0. The molecule has 1 aliphatic carbocycles. The van der Waals surface area contributed by atoms with Crippen LogP contribution in [0.25, 0.3) is 5.76 Å². The van der Waals surface area contributed by atoms with Crippen molar-refractivity contribution in [3.05, 3.63) is 64.7 Å². The predicted molar refractivity (Wildman–Crippen MR) is 136 cm³/mol. The number of benzene rings is 2. The monoisotopic (exact) mass is 477 g/mol. The van der Waals surface area contributed by atoms with E-state index >= 15 is 0 Å². The molecule has 0 radical (unpaired) electrons. The second kappa shape index (κ2) is 10.1. The van der Waals surface area contributed by atoms with Crippen LogP contribution in [0.3, 0.4) is 0 Å². The van der Waals surface area contributed by atoms with E-state index in [0.717, 1.165) is 42.6 Å². The first-order valence-electron chi connectivity index (χ1n) is 12.5. The molecule has 35 heavy (non-hydrogen) atoms. The Kier molecular flexibility index (Phi) is 7.20. The van der Waals surface area contributed by atoms with Crippen molar-refractivity contribution < 1.29 is 24.2 Å². The van der Waals surface area contributed by atoms with Gasteiger partial charge < -0.3 is 19.5 Å². The minimum atomic E-state index is -0.666. The highest BCUT2D eigenvalue weighted by atomic mass is 16.5. The summed E-state index contributed by atoms with van der Waals surface area (Å²) in [7, 11) is 0. The third-order valence-electron chi connectivity index (χ3n) is 6.55. The summed E-state index contributed by atoms with van der Waals surface area (Å²) in [6.07, 6.45) is 3.75. The molecule has 4 rings (SSSR count). The van der Waals surface area contributed by atoms with Crippen LogP contribution in [-0.4, -0.2) is 39.9 Å². The smallest absolute Gasteiger partial charge is 0.295 e. The molecule has 1 atom stereocenters. The number of Topliss-reactive ketones (excluding diaryl/α,β-unsaturated/α-hetero) is 1. The largest absolute Gasteiger partial charge is 0.507 e. The number of aryl methyl sites for hydroxylation is 1. The van der Waals surface area contributed by atoms with E-state index in [1.54, 1.807) is 23.1 Å². The average Bonchev–Trinajstić information content (AvgIpc) is 3.41. The minimum absolute atomic E-state index is 0.0130. The van der Waals surface area contributed by atoms with Crippen LogP contribution in [0.1, 0.15) is 76.1 Å². The zero-order valence-corrected chi connectivity index (χ0v) is 21.2. The molecule has 1 aliphatic heterocycles. The third-order valence-corrected chi connectivity index (χ3v) is 6.55. The molecule has 186 valence electrons. The number of aliphatic hydroxyl groups excluding tert-OH is 1. The molecule has 2 fully saturated rings. The normalized spacial score (nSPS) is 20.3. The van der Waals surface area contributed by atoms with Crippen LogP contribution in [0.2, 0.25) is 0 Å². The Hall–Kier alpha value is -3.28. The van der Waals surface area contributed by atoms with Crippen molar-refractivity contribution in [3.63, 3.8) is 0 Å². The minimum Gasteiger partial charge on any atom is -0.507 e. The van der Waals surface area contributed by atoms with Gasteiger partial charge >= 0.3 is 0 Å². The molecule has 1 unspecified atom stereocenters. The molecule has 2 aromatic carbocycles. The number of aliphatic hydroxyl groups is 1. The standard InChI is InChI=1S/C29H35NO5/c1-17(2)34-23-12-8-9-20(16-23)26-25(28(32)29(33)30(26)22-10-6-7-11-22)27(31)21-13-14-24(19(5)15-21)35-18(3)4/h8-9,12-18,22,26,31H,6-7,10-11H2,1-5H3/b27-25+. The maximum atomic E-state index is 13.4. The van der Waals surface area contributed by atoms with E-state index in [0.29, 0.717) is 11.3 Å². The van der Waals surface area contributed by atoms with E-state index in [1.165, 1.54) is 0 Å². The number of likely N-dealkylation sites (tertiary alicyclic amines) is 1. The van der Waals surface area contributed by atoms with E-state index in [1.807, 2.05) is 58.9 Å². The fraction of sp³-hybridized carbons (Fsp3) is 0.448. The number of hydrogen-bond donors (Lipinski definition) is 1. The van der Waals surface area contributed by atoms with E-state index in [-0.39, 0.29) is 29.6 Å². The molecule has 6 nitrogen and oxygen atoms in total. The SMILES string of the molecule is Cc1cc(/C(O)=C2\C(=O)C(=O)N(C3CCCC3)C2c2cccc(OC(C)C)c2)ccc1OC(C)C. The summed E-state index contributed by atoms with van der Waals surface area (Å²) in [6.45, 7) is 9.71. The van der Waals surface area contributed by atoms with Crippen LogP contribution in [0.4, 0.5) is 0 Å². The Morgan fingerprint density at radius 2 is 1.66 bits per heavy atom. The fourth-order valence-electron chi connectivity index (χ4n) is 5.10. The van der Waals surface area contributed by atoms with Gasteiger partial charge in [0.05, 0.1) is 23.8 Å². The van der Waals surface area contributed by atoms with Gasteiger partial charge in [-0.15, -0.1) is 0 Å². The fourth-order valence-corrected chi connectivity index (χ4v) is 5.10. The van der Waals surface area contributed by atoms with Crippen molar-refractivity contribution in [3.8, 4) is 11.5 Å². The van der Waals surface area contributed by atoms with Crippen molar-refractivity contribution in [1.82, 2.24) is 4.90 Å². The molecule has 1 saturated carbocycles. The number of carbonyl (C=O) groups is 2. The summed E-state index contributed by atoms with van der Waals surface area (Å²) >= 11 is 0. The number of hydrogen-bond acceptors (Lipinski definition) is 5. The van der Waals surface area contributed by atoms with Crippen molar-refractivity contribution in [1.29, 1.82) is 0 Å². The number of nitrogens with zero attached hydrogens (tertiary/aromatic N) is 1. The van der Waals surface area contributed by atoms with E-state index in [2.05, 4.69) is 0 Å². The lowest BCUT2D eigenvalue weighted by Crippen LogP contribution is -2.37. The van der Waals surface area contributed by atoms with Gasteiger partial charge in [-0.05, 0) is 88.9 Å². The summed E-state index contributed by atoms with van der Waals surface area (Å²) < 4.78 is 11.7.